The van der Waals surface area contributed by atoms with Crippen LogP contribution in [0.4, 0.5) is 14.5 Å². The molecule has 0 heterocycles. The number of non-ortho nitro benzene ring substituents is 1. The summed E-state index contributed by atoms with van der Waals surface area (Å²) in [5.41, 5.74) is 1.16. The first-order chi connectivity index (χ1) is 13.9. The lowest BCUT2D eigenvalue weighted by molar-refractivity contribution is -0.384. The summed E-state index contributed by atoms with van der Waals surface area (Å²) < 4.78 is 35.6. The van der Waals surface area contributed by atoms with Crippen LogP contribution in [0.1, 0.15) is 18.1 Å². The number of ether oxygens (including phenoxy) is 2. The Labute approximate surface area is 166 Å². The van der Waals surface area contributed by atoms with Crippen LogP contribution >= 0.6 is 0 Å². The molecule has 0 radical (unpaired) electrons. The van der Waals surface area contributed by atoms with E-state index < -0.39 is 11.5 Å². The molecule has 0 unspecified atom stereocenters. The summed E-state index contributed by atoms with van der Waals surface area (Å²) in [6.45, 7) is -0.487. The molecule has 0 atom stereocenters. The number of para-hydroxylation sites is 1. The molecule has 0 amide bonds. The highest BCUT2D eigenvalue weighted by Crippen LogP contribution is 2.32. The van der Waals surface area contributed by atoms with E-state index in [-0.39, 0.29) is 23.7 Å². The van der Waals surface area contributed by atoms with Crippen LogP contribution in [0.3, 0.4) is 0 Å². The minimum absolute atomic E-state index is 0.00576. The van der Waals surface area contributed by atoms with E-state index >= 15 is 0 Å². The SMILES string of the molecule is CCOc1cccc(CNC(=NC)NCc2cccc([N+](=O)[O-])c2)c1OC(F)F. The second-order valence-corrected chi connectivity index (χ2v) is 5.76. The molecular weight excluding hydrogens is 386 g/mol. The molecule has 2 aromatic carbocycles. The van der Waals surface area contributed by atoms with Crippen LogP contribution in [0.25, 0.3) is 0 Å². The average molecular weight is 408 g/mol. The van der Waals surface area contributed by atoms with Gasteiger partial charge in [-0.05, 0) is 18.6 Å². The van der Waals surface area contributed by atoms with Crippen LogP contribution in [-0.2, 0) is 13.1 Å². The van der Waals surface area contributed by atoms with Crippen molar-refractivity contribution in [2.45, 2.75) is 26.6 Å². The maximum Gasteiger partial charge on any atom is 0.387 e. The van der Waals surface area contributed by atoms with Crippen molar-refractivity contribution in [3.63, 3.8) is 0 Å². The van der Waals surface area contributed by atoms with Crippen molar-refractivity contribution in [3.05, 3.63) is 63.7 Å². The van der Waals surface area contributed by atoms with Crippen molar-refractivity contribution >= 4 is 11.6 Å². The molecule has 156 valence electrons. The van der Waals surface area contributed by atoms with E-state index in [4.69, 9.17) is 4.74 Å². The van der Waals surface area contributed by atoms with Crippen LogP contribution in [0.5, 0.6) is 11.5 Å². The van der Waals surface area contributed by atoms with Gasteiger partial charge in [0.05, 0.1) is 11.5 Å². The van der Waals surface area contributed by atoms with Crippen molar-refractivity contribution in [3.8, 4) is 11.5 Å². The molecular formula is C19H22F2N4O4. The first kappa shape index (κ1) is 21.9. The van der Waals surface area contributed by atoms with E-state index in [1.165, 1.54) is 12.1 Å². The number of nitro benzene ring substituents is 1. The molecule has 0 aliphatic heterocycles. The number of benzene rings is 2. The van der Waals surface area contributed by atoms with Gasteiger partial charge >= 0.3 is 6.61 Å². The molecule has 0 spiro atoms. The van der Waals surface area contributed by atoms with Gasteiger partial charge in [0, 0.05) is 37.8 Å². The minimum Gasteiger partial charge on any atom is -0.490 e. The molecule has 0 aromatic heterocycles. The third-order valence-corrected chi connectivity index (χ3v) is 3.82. The molecule has 2 rings (SSSR count). The summed E-state index contributed by atoms with van der Waals surface area (Å²) in [5.74, 6) is 0.582. The number of aliphatic imine (C=N–C) groups is 1. The monoisotopic (exact) mass is 408 g/mol. The highest BCUT2D eigenvalue weighted by atomic mass is 19.3. The lowest BCUT2D eigenvalue weighted by atomic mass is 10.2. The van der Waals surface area contributed by atoms with Gasteiger partial charge in [-0.1, -0.05) is 24.3 Å². The first-order valence-electron chi connectivity index (χ1n) is 8.82. The summed E-state index contributed by atoms with van der Waals surface area (Å²) in [7, 11) is 1.55. The van der Waals surface area contributed by atoms with E-state index in [1.807, 2.05) is 0 Å². The standard InChI is InChI=1S/C19H22F2N4O4/c1-3-28-16-9-5-7-14(17(16)29-18(20)21)12-24-19(22-2)23-11-13-6-4-8-15(10-13)25(26)27/h4-10,18H,3,11-12H2,1-2H3,(H2,22,23,24). The first-order valence-corrected chi connectivity index (χ1v) is 8.82. The third-order valence-electron chi connectivity index (χ3n) is 3.82. The molecule has 29 heavy (non-hydrogen) atoms. The highest BCUT2D eigenvalue weighted by Gasteiger charge is 2.16. The molecule has 0 saturated heterocycles. The highest BCUT2D eigenvalue weighted by molar-refractivity contribution is 5.79. The number of nitrogens with zero attached hydrogens (tertiary/aromatic N) is 2. The van der Waals surface area contributed by atoms with Gasteiger partial charge in [-0.2, -0.15) is 8.78 Å². The molecule has 0 bridgehead atoms. The molecule has 2 aromatic rings. The zero-order chi connectivity index (χ0) is 21.2. The van der Waals surface area contributed by atoms with Crippen LogP contribution in [0.2, 0.25) is 0 Å². The maximum absolute atomic E-state index is 12.8. The number of nitrogens with one attached hydrogen (secondary N) is 2. The summed E-state index contributed by atoms with van der Waals surface area (Å²) in [5, 5.41) is 16.9. The van der Waals surface area contributed by atoms with Crippen molar-refractivity contribution in [2.24, 2.45) is 4.99 Å². The molecule has 0 aliphatic rings. The quantitative estimate of drug-likeness (QED) is 0.285. The molecule has 0 saturated carbocycles. The van der Waals surface area contributed by atoms with Gasteiger partial charge in [0.25, 0.3) is 5.69 Å². The number of hydrogen-bond acceptors (Lipinski definition) is 5. The second kappa shape index (κ2) is 10.8. The molecule has 0 aliphatic carbocycles. The fraction of sp³-hybridized carbons (Fsp3) is 0.316. The molecule has 8 nitrogen and oxygen atoms in total. The smallest absolute Gasteiger partial charge is 0.387 e. The normalized spacial score (nSPS) is 11.3. The Hall–Kier alpha value is -3.43. The van der Waals surface area contributed by atoms with Crippen LogP contribution in [-0.4, -0.2) is 31.1 Å². The molecule has 2 N–H and O–H groups in total. The maximum atomic E-state index is 12.8. The predicted octanol–water partition coefficient (Wildman–Crippen LogP) is 3.46. The number of nitro groups is 1. The van der Waals surface area contributed by atoms with Gasteiger partial charge in [-0.3, -0.25) is 15.1 Å². The minimum atomic E-state index is -2.98. The Kier molecular flexibility index (Phi) is 8.13. The lowest BCUT2D eigenvalue weighted by Gasteiger charge is -2.17. The van der Waals surface area contributed by atoms with Gasteiger partial charge in [-0.25, -0.2) is 0 Å². The van der Waals surface area contributed by atoms with Gasteiger partial charge in [0.2, 0.25) is 0 Å². The van der Waals surface area contributed by atoms with Crippen molar-refractivity contribution in [1.82, 2.24) is 10.6 Å². The van der Waals surface area contributed by atoms with E-state index in [0.717, 1.165) is 0 Å². The van der Waals surface area contributed by atoms with Gasteiger partial charge < -0.3 is 20.1 Å². The zero-order valence-corrected chi connectivity index (χ0v) is 16.0. The Morgan fingerprint density at radius 2 is 1.93 bits per heavy atom. The Balaban J connectivity index is 2.04. The van der Waals surface area contributed by atoms with Crippen LogP contribution in [0, 0.1) is 10.1 Å². The average Bonchev–Trinajstić information content (AvgIpc) is 2.70. The predicted molar refractivity (Wildman–Crippen MR) is 104 cm³/mol. The van der Waals surface area contributed by atoms with Crippen molar-refractivity contribution < 1.29 is 23.2 Å². The Bertz CT molecular complexity index is 862. The molecule has 10 heteroatoms. The topological polar surface area (TPSA) is 98.0 Å². The van der Waals surface area contributed by atoms with Crippen LogP contribution < -0.4 is 20.1 Å². The van der Waals surface area contributed by atoms with Gasteiger partial charge in [0.1, 0.15) is 0 Å². The largest absolute Gasteiger partial charge is 0.490 e. The fourth-order valence-electron chi connectivity index (χ4n) is 2.56. The van der Waals surface area contributed by atoms with Crippen molar-refractivity contribution in [2.75, 3.05) is 13.7 Å². The second-order valence-electron chi connectivity index (χ2n) is 5.76. The number of halogens is 2. The summed E-state index contributed by atoms with van der Waals surface area (Å²) in [4.78, 5) is 14.5. The van der Waals surface area contributed by atoms with Crippen LogP contribution in [0.15, 0.2) is 47.5 Å². The van der Waals surface area contributed by atoms with E-state index in [1.54, 1.807) is 44.3 Å². The Morgan fingerprint density at radius 3 is 2.59 bits per heavy atom. The number of hydrogen-bond donors (Lipinski definition) is 2. The molecule has 0 fully saturated rings. The zero-order valence-electron chi connectivity index (χ0n) is 16.0. The summed E-state index contributed by atoms with van der Waals surface area (Å²) in [6, 6.07) is 11.1. The Morgan fingerprint density at radius 1 is 1.21 bits per heavy atom. The number of rotatable bonds is 9. The van der Waals surface area contributed by atoms with E-state index in [0.29, 0.717) is 30.2 Å². The number of alkyl halides is 2. The van der Waals surface area contributed by atoms with E-state index in [2.05, 4.69) is 20.4 Å². The summed E-state index contributed by atoms with van der Waals surface area (Å²) in [6.07, 6.45) is 0. The number of guanidine groups is 1. The van der Waals surface area contributed by atoms with Gasteiger partial charge in [-0.15, -0.1) is 0 Å². The lowest BCUT2D eigenvalue weighted by Crippen LogP contribution is -2.36. The third kappa shape index (κ3) is 6.59. The van der Waals surface area contributed by atoms with E-state index in [9.17, 15) is 18.9 Å². The fourth-order valence-corrected chi connectivity index (χ4v) is 2.56. The summed E-state index contributed by atoms with van der Waals surface area (Å²) >= 11 is 0. The van der Waals surface area contributed by atoms with Crippen molar-refractivity contribution in [1.29, 1.82) is 0 Å². The van der Waals surface area contributed by atoms with Gasteiger partial charge in [0.15, 0.2) is 17.5 Å².